The lowest BCUT2D eigenvalue weighted by Crippen LogP contribution is -2.04. The molecule has 4 heteroatoms. The topological polar surface area (TPSA) is 37.8 Å². The Morgan fingerprint density at radius 1 is 1.29 bits per heavy atom. The lowest BCUT2D eigenvalue weighted by atomic mass is 10.1. The minimum Gasteiger partial charge on any atom is -0.354 e. The van der Waals surface area contributed by atoms with Gasteiger partial charge in [-0.25, -0.2) is 14.4 Å². The van der Waals surface area contributed by atoms with Crippen molar-refractivity contribution >= 4 is 5.95 Å². The van der Waals surface area contributed by atoms with Gasteiger partial charge in [0.15, 0.2) is 5.82 Å². The van der Waals surface area contributed by atoms with E-state index in [-0.39, 0.29) is 0 Å². The highest BCUT2D eigenvalue weighted by atomic mass is 19.1. The Hall–Kier alpha value is -1.97. The third kappa shape index (κ3) is 2.41. The molecule has 0 radical (unpaired) electrons. The molecule has 0 spiro atoms. The number of aryl methyl sites for hydroxylation is 1. The highest BCUT2D eigenvalue weighted by Gasteiger charge is 2.10. The summed E-state index contributed by atoms with van der Waals surface area (Å²) in [6, 6.07) is 7.58. The van der Waals surface area contributed by atoms with Crippen molar-refractivity contribution in [2.24, 2.45) is 0 Å². The maximum Gasteiger partial charge on any atom is 0.223 e. The minimum atomic E-state index is -0.402. The SMILES string of the molecule is CCNc1ncc(F)c(-c2ccccc2C)n1. The molecule has 2 aromatic rings. The van der Waals surface area contributed by atoms with Gasteiger partial charge in [0, 0.05) is 12.1 Å². The number of hydrogen-bond acceptors (Lipinski definition) is 3. The molecule has 17 heavy (non-hydrogen) atoms. The molecule has 1 aromatic heterocycles. The van der Waals surface area contributed by atoms with Crippen molar-refractivity contribution in [1.82, 2.24) is 9.97 Å². The van der Waals surface area contributed by atoms with E-state index in [9.17, 15) is 4.39 Å². The van der Waals surface area contributed by atoms with E-state index in [1.165, 1.54) is 6.20 Å². The van der Waals surface area contributed by atoms with Crippen LogP contribution in [0.1, 0.15) is 12.5 Å². The van der Waals surface area contributed by atoms with Crippen LogP contribution in [0.2, 0.25) is 0 Å². The summed E-state index contributed by atoms with van der Waals surface area (Å²) in [5.74, 6) is 0.0492. The smallest absolute Gasteiger partial charge is 0.223 e. The fraction of sp³-hybridized carbons (Fsp3) is 0.231. The van der Waals surface area contributed by atoms with Crippen molar-refractivity contribution in [3.63, 3.8) is 0 Å². The molecule has 2 rings (SSSR count). The monoisotopic (exact) mass is 231 g/mol. The number of anilines is 1. The summed E-state index contributed by atoms with van der Waals surface area (Å²) in [5.41, 5.74) is 2.13. The van der Waals surface area contributed by atoms with Gasteiger partial charge in [-0.1, -0.05) is 24.3 Å². The summed E-state index contributed by atoms with van der Waals surface area (Å²) >= 11 is 0. The summed E-state index contributed by atoms with van der Waals surface area (Å²) < 4.78 is 13.7. The number of nitrogens with one attached hydrogen (secondary N) is 1. The molecular weight excluding hydrogens is 217 g/mol. The number of hydrogen-bond donors (Lipinski definition) is 1. The van der Waals surface area contributed by atoms with E-state index >= 15 is 0 Å². The fourth-order valence-corrected chi connectivity index (χ4v) is 1.64. The van der Waals surface area contributed by atoms with Gasteiger partial charge >= 0.3 is 0 Å². The van der Waals surface area contributed by atoms with Crippen LogP contribution in [0.3, 0.4) is 0 Å². The van der Waals surface area contributed by atoms with Gasteiger partial charge in [0.05, 0.1) is 6.20 Å². The van der Waals surface area contributed by atoms with Crippen LogP contribution in [-0.2, 0) is 0 Å². The largest absolute Gasteiger partial charge is 0.354 e. The molecule has 0 saturated heterocycles. The Labute approximate surface area is 99.7 Å². The molecule has 0 bridgehead atoms. The normalized spacial score (nSPS) is 10.3. The second-order valence-electron chi connectivity index (χ2n) is 3.74. The van der Waals surface area contributed by atoms with E-state index in [2.05, 4.69) is 15.3 Å². The maximum absolute atomic E-state index is 13.7. The number of benzene rings is 1. The average molecular weight is 231 g/mol. The molecule has 0 aliphatic carbocycles. The standard InChI is InChI=1S/C13H14FN3/c1-3-15-13-16-8-11(14)12(17-13)10-7-5-4-6-9(10)2/h4-8H,3H2,1-2H3,(H,15,16,17). The van der Waals surface area contributed by atoms with E-state index in [1.807, 2.05) is 38.1 Å². The molecule has 0 aliphatic rings. The van der Waals surface area contributed by atoms with Crippen LogP contribution in [0.5, 0.6) is 0 Å². The van der Waals surface area contributed by atoms with Gasteiger partial charge in [-0.2, -0.15) is 0 Å². The predicted octanol–water partition coefficient (Wildman–Crippen LogP) is 3.02. The lowest BCUT2D eigenvalue weighted by molar-refractivity contribution is 0.618. The van der Waals surface area contributed by atoms with Crippen LogP contribution in [0.4, 0.5) is 10.3 Å². The average Bonchev–Trinajstić information content (AvgIpc) is 2.33. The first-order chi connectivity index (χ1) is 8.22. The Balaban J connectivity index is 2.51. The molecule has 88 valence electrons. The first-order valence-electron chi connectivity index (χ1n) is 5.54. The van der Waals surface area contributed by atoms with Gasteiger partial charge < -0.3 is 5.32 Å². The number of rotatable bonds is 3. The maximum atomic E-state index is 13.7. The van der Waals surface area contributed by atoms with Gasteiger partial charge in [0.25, 0.3) is 0 Å². The second kappa shape index (κ2) is 4.91. The summed E-state index contributed by atoms with van der Waals surface area (Å²) in [7, 11) is 0. The minimum absolute atomic E-state index is 0.342. The quantitative estimate of drug-likeness (QED) is 0.882. The molecule has 3 nitrogen and oxygen atoms in total. The Bertz CT molecular complexity index is 526. The molecule has 1 N–H and O–H groups in total. The van der Waals surface area contributed by atoms with Crippen molar-refractivity contribution < 1.29 is 4.39 Å². The zero-order valence-corrected chi connectivity index (χ0v) is 9.87. The molecular formula is C13H14FN3. The van der Waals surface area contributed by atoms with E-state index in [0.29, 0.717) is 18.2 Å². The van der Waals surface area contributed by atoms with E-state index in [1.54, 1.807) is 0 Å². The van der Waals surface area contributed by atoms with Crippen molar-refractivity contribution in [3.05, 3.63) is 41.8 Å². The Kier molecular flexibility index (Phi) is 3.32. The van der Waals surface area contributed by atoms with Gasteiger partial charge in [0.2, 0.25) is 5.95 Å². The van der Waals surface area contributed by atoms with E-state index < -0.39 is 5.82 Å². The predicted molar refractivity (Wildman–Crippen MR) is 66.3 cm³/mol. The zero-order chi connectivity index (χ0) is 12.3. The van der Waals surface area contributed by atoms with Crippen LogP contribution in [0.25, 0.3) is 11.3 Å². The summed E-state index contributed by atoms with van der Waals surface area (Å²) in [6.07, 6.45) is 1.20. The highest BCUT2D eigenvalue weighted by Crippen LogP contribution is 2.24. The van der Waals surface area contributed by atoms with Gasteiger partial charge in [-0.3, -0.25) is 0 Å². The van der Waals surface area contributed by atoms with E-state index in [0.717, 1.165) is 11.1 Å². The second-order valence-corrected chi connectivity index (χ2v) is 3.74. The molecule has 1 heterocycles. The third-order valence-electron chi connectivity index (χ3n) is 2.48. The lowest BCUT2D eigenvalue weighted by Gasteiger charge is -2.08. The molecule has 0 amide bonds. The summed E-state index contributed by atoms with van der Waals surface area (Å²) in [6.45, 7) is 4.59. The fourth-order valence-electron chi connectivity index (χ4n) is 1.64. The first-order valence-corrected chi connectivity index (χ1v) is 5.54. The third-order valence-corrected chi connectivity index (χ3v) is 2.48. The van der Waals surface area contributed by atoms with Gasteiger partial charge in [-0.05, 0) is 19.4 Å². The number of nitrogens with zero attached hydrogens (tertiary/aromatic N) is 2. The van der Waals surface area contributed by atoms with Crippen molar-refractivity contribution in [3.8, 4) is 11.3 Å². The van der Waals surface area contributed by atoms with Crippen LogP contribution in [0, 0.1) is 12.7 Å². The molecule has 0 fully saturated rings. The highest BCUT2D eigenvalue weighted by molar-refractivity contribution is 5.64. The number of aromatic nitrogens is 2. The molecule has 0 saturated carbocycles. The van der Waals surface area contributed by atoms with Crippen molar-refractivity contribution in [1.29, 1.82) is 0 Å². The zero-order valence-electron chi connectivity index (χ0n) is 9.87. The van der Waals surface area contributed by atoms with Crippen LogP contribution in [0.15, 0.2) is 30.5 Å². The molecule has 0 atom stereocenters. The number of halogens is 1. The van der Waals surface area contributed by atoms with E-state index in [4.69, 9.17) is 0 Å². The molecule has 1 aromatic carbocycles. The Morgan fingerprint density at radius 2 is 2.06 bits per heavy atom. The van der Waals surface area contributed by atoms with Crippen molar-refractivity contribution in [2.75, 3.05) is 11.9 Å². The van der Waals surface area contributed by atoms with Crippen LogP contribution >= 0.6 is 0 Å². The summed E-state index contributed by atoms with van der Waals surface area (Å²) in [4.78, 5) is 8.08. The Morgan fingerprint density at radius 3 is 2.76 bits per heavy atom. The van der Waals surface area contributed by atoms with Gasteiger partial charge in [0.1, 0.15) is 5.69 Å². The van der Waals surface area contributed by atoms with Crippen molar-refractivity contribution in [2.45, 2.75) is 13.8 Å². The van der Waals surface area contributed by atoms with Crippen LogP contribution < -0.4 is 5.32 Å². The molecule has 0 unspecified atom stereocenters. The van der Waals surface area contributed by atoms with Crippen LogP contribution in [-0.4, -0.2) is 16.5 Å². The summed E-state index contributed by atoms with van der Waals surface area (Å²) in [5, 5.41) is 2.98. The first kappa shape index (κ1) is 11.5. The molecule has 0 aliphatic heterocycles. The van der Waals surface area contributed by atoms with Gasteiger partial charge in [-0.15, -0.1) is 0 Å².